The van der Waals surface area contributed by atoms with Crippen LogP contribution in [0, 0.1) is 40.4 Å². The fraction of sp³-hybridized carbons (Fsp3) is 0.667. The molecule has 8 rings (SSSR count). The zero-order valence-corrected chi connectivity index (χ0v) is 38.0. The zero-order chi connectivity index (χ0) is 43.9. The van der Waals surface area contributed by atoms with Gasteiger partial charge in [-0.3, -0.25) is 24.1 Å². The number of hydrogen-bond donors (Lipinski definition) is 1. The molecule has 2 aliphatic heterocycles. The van der Waals surface area contributed by atoms with Crippen LogP contribution in [0.5, 0.6) is 11.5 Å². The number of carboxylic acids is 1. The van der Waals surface area contributed by atoms with Gasteiger partial charge in [-0.15, -0.1) is 11.3 Å². The number of ketones is 1. The lowest BCUT2D eigenvalue weighted by molar-refractivity contribution is -0.157. The molecule has 2 unspecified atom stereocenters. The van der Waals surface area contributed by atoms with Crippen molar-refractivity contribution in [2.75, 3.05) is 46.0 Å². The molecule has 3 aromatic rings. The second-order valence-electron chi connectivity index (χ2n) is 20.1. The molecule has 3 saturated carbocycles. The molecule has 0 bridgehead atoms. The van der Waals surface area contributed by atoms with Crippen LogP contribution in [-0.4, -0.2) is 113 Å². The maximum Gasteiger partial charge on any atom is 0.310 e. The number of pyridine rings is 1. The lowest BCUT2D eigenvalue weighted by Gasteiger charge is -2.35. The van der Waals surface area contributed by atoms with Gasteiger partial charge in [0.1, 0.15) is 30.3 Å². The van der Waals surface area contributed by atoms with E-state index in [1.165, 1.54) is 6.42 Å². The van der Waals surface area contributed by atoms with Crippen LogP contribution in [0.3, 0.4) is 0 Å². The van der Waals surface area contributed by atoms with Crippen LogP contribution < -0.4 is 9.47 Å². The van der Waals surface area contributed by atoms with Crippen molar-refractivity contribution in [3.8, 4) is 22.9 Å². The first-order valence-electron chi connectivity index (χ1n) is 22.8. The maximum atomic E-state index is 14.9. The number of rotatable bonds is 18. The molecule has 336 valence electrons. The minimum Gasteiger partial charge on any atom is -0.492 e. The Balaban J connectivity index is 1.07. The summed E-state index contributed by atoms with van der Waals surface area (Å²) in [4.78, 5) is 69.3. The largest absolute Gasteiger partial charge is 0.492 e. The molecule has 3 aliphatic carbocycles. The predicted octanol–water partition coefficient (Wildman–Crippen LogP) is 7.47. The number of morpholine rings is 1. The molecule has 1 amide bonds. The molecule has 1 aromatic carbocycles. The van der Waals surface area contributed by atoms with E-state index in [0.717, 1.165) is 68.2 Å². The van der Waals surface area contributed by atoms with Gasteiger partial charge >= 0.3 is 11.9 Å². The lowest BCUT2D eigenvalue weighted by atomic mass is 9.77. The van der Waals surface area contributed by atoms with Crippen LogP contribution in [0.25, 0.3) is 22.3 Å². The number of ether oxygens (including phenoxy) is 4. The summed E-state index contributed by atoms with van der Waals surface area (Å²) in [5.74, 6) is 0.110. The number of carboxylic acid groups (broad SMARTS) is 1. The molecule has 14 heteroatoms. The van der Waals surface area contributed by atoms with Crippen LogP contribution in [0.4, 0.5) is 0 Å². The molecule has 1 N–H and O–H groups in total. The first-order valence-corrected chi connectivity index (χ1v) is 23.7. The van der Waals surface area contributed by atoms with Crippen molar-refractivity contribution in [3.63, 3.8) is 0 Å². The monoisotopic (exact) mass is 872 g/mol. The molecule has 4 heterocycles. The van der Waals surface area contributed by atoms with Crippen LogP contribution in [-0.2, 0) is 35.1 Å². The van der Waals surface area contributed by atoms with E-state index in [4.69, 9.17) is 28.9 Å². The Morgan fingerprint density at radius 3 is 2.44 bits per heavy atom. The average Bonchev–Trinajstić information content (AvgIpc) is 3.89. The number of aromatic nitrogens is 2. The van der Waals surface area contributed by atoms with E-state index in [9.17, 15) is 24.3 Å². The summed E-state index contributed by atoms with van der Waals surface area (Å²) in [6, 6.07) is 6.72. The summed E-state index contributed by atoms with van der Waals surface area (Å²) >= 11 is 1.60. The van der Waals surface area contributed by atoms with Gasteiger partial charge in [-0.05, 0) is 66.9 Å². The van der Waals surface area contributed by atoms with E-state index in [0.29, 0.717) is 59.9 Å². The Morgan fingerprint density at radius 2 is 1.76 bits per heavy atom. The van der Waals surface area contributed by atoms with E-state index in [-0.39, 0.29) is 49.5 Å². The molecule has 5 fully saturated rings. The summed E-state index contributed by atoms with van der Waals surface area (Å²) in [5.41, 5.74) is 0.265. The van der Waals surface area contributed by atoms with Crippen LogP contribution >= 0.6 is 11.3 Å². The Kier molecular flexibility index (Phi) is 13.0. The average molecular weight is 873 g/mol. The number of Topliss-reactive ketones (excluding diaryl/α,β-unsaturated/α-hetero) is 1. The van der Waals surface area contributed by atoms with E-state index < -0.39 is 40.8 Å². The predicted molar refractivity (Wildman–Crippen MR) is 235 cm³/mol. The molecule has 13 nitrogen and oxygen atoms in total. The highest BCUT2D eigenvalue weighted by Gasteiger charge is 2.61. The fourth-order valence-electron chi connectivity index (χ4n) is 10.1. The second-order valence-corrected chi connectivity index (χ2v) is 21.0. The quantitative estimate of drug-likeness (QED) is 0.126. The van der Waals surface area contributed by atoms with Crippen LogP contribution in [0.15, 0.2) is 29.6 Å². The van der Waals surface area contributed by atoms with Gasteiger partial charge in [0.15, 0.2) is 5.78 Å². The van der Waals surface area contributed by atoms with Gasteiger partial charge in [-0.2, -0.15) is 0 Å². The summed E-state index contributed by atoms with van der Waals surface area (Å²) in [6.45, 7) is 16.6. The molecule has 5 aliphatic rings. The molecular formula is C48H64N4O9S. The number of nitrogens with zero attached hydrogens (tertiary/aromatic N) is 4. The van der Waals surface area contributed by atoms with Gasteiger partial charge in [0.25, 0.3) is 0 Å². The number of benzene rings is 1. The van der Waals surface area contributed by atoms with E-state index >= 15 is 0 Å². The summed E-state index contributed by atoms with van der Waals surface area (Å²) in [7, 11) is 0. The Hall–Kier alpha value is -4.14. The molecule has 2 aromatic heterocycles. The van der Waals surface area contributed by atoms with Gasteiger partial charge < -0.3 is 29.0 Å². The van der Waals surface area contributed by atoms with E-state index in [2.05, 4.69) is 18.7 Å². The zero-order valence-electron chi connectivity index (χ0n) is 37.2. The van der Waals surface area contributed by atoms with E-state index in [1.54, 1.807) is 16.2 Å². The van der Waals surface area contributed by atoms with Gasteiger partial charge in [0.2, 0.25) is 5.91 Å². The maximum absolute atomic E-state index is 14.9. The SMILES string of the molecule is CC[C@@H]1C[C@]1(CC(=O)[C@@H]1C[C@@H](Oc2cc(-c3csc(CC(C)C)n3)nc3cc(OCCN4CCOCC4)ccc23)CN1C(=O)[C@@H](CC(=O)OC1CC2C[C@H]2C1)C(C)(C)C)C(=O)O. The highest BCUT2D eigenvalue weighted by Crippen LogP contribution is 2.58. The smallest absolute Gasteiger partial charge is 0.310 e. The molecule has 0 spiro atoms. The van der Waals surface area contributed by atoms with Gasteiger partial charge in [-0.1, -0.05) is 48.0 Å². The number of esters is 1. The Bertz CT molecular complexity index is 2140. The number of carbonyl (C=O) groups is 4. The van der Waals surface area contributed by atoms with Crippen molar-refractivity contribution >= 4 is 45.9 Å². The topological polar surface area (TPSA) is 158 Å². The number of thiazole rings is 1. The number of hydrogen-bond acceptors (Lipinski definition) is 12. The summed E-state index contributed by atoms with van der Waals surface area (Å²) < 4.78 is 24.5. The first-order chi connectivity index (χ1) is 29.6. The molecule has 62 heavy (non-hydrogen) atoms. The Labute approximate surface area is 369 Å². The molecule has 2 saturated heterocycles. The van der Waals surface area contributed by atoms with Gasteiger partial charge in [0.05, 0.1) is 65.5 Å². The van der Waals surface area contributed by atoms with Crippen molar-refractivity contribution in [3.05, 3.63) is 34.7 Å². The third-order valence-corrected chi connectivity index (χ3v) is 14.9. The number of carbonyl (C=O) groups excluding carboxylic acids is 3. The van der Waals surface area contributed by atoms with E-state index in [1.807, 2.05) is 57.3 Å². The minimum atomic E-state index is -1.13. The number of fused-ring (bicyclic) bond motifs is 2. The fourth-order valence-corrected chi connectivity index (χ4v) is 11.1. The van der Waals surface area contributed by atoms with Crippen molar-refractivity contribution in [1.29, 1.82) is 0 Å². The summed E-state index contributed by atoms with van der Waals surface area (Å²) in [5, 5.41) is 14.1. The molecular weight excluding hydrogens is 809 g/mol. The van der Waals surface area contributed by atoms with Crippen LogP contribution in [0.2, 0.25) is 0 Å². The highest BCUT2D eigenvalue weighted by atomic mass is 32.1. The number of amides is 1. The highest BCUT2D eigenvalue weighted by molar-refractivity contribution is 7.09. The minimum absolute atomic E-state index is 0.0945. The normalized spacial score (nSPS) is 27.6. The number of aliphatic carboxylic acids is 1. The lowest BCUT2D eigenvalue weighted by Crippen LogP contribution is -2.48. The number of likely N-dealkylation sites (tertiary alicyclic amines) is 1. The standard InChI is InChI=1S/C48H64N4O9S/c1-7-31-24-48(31,46(56)57)25-41(53)40-21-34(26-52(40)45(55)36(47(4,5)6)22-44(54)61-33-18-29-17-30(29)19-33)60-42-23-38(39-27-62-43(50-39)16-28(2)3)49-37-20-32(8-9-35(37)42)59-15-12-51-10-13-58-14-11-51/h8-9,20,23,27-31,33-34,36,40H,7,10-19,21-22,24-26H2,1-6H3,(H,56,57)/t29-,30?,31+,33?,34+,36+,40-,48+/m0/s1. The first kappa shape index (κ1) is 44.5. The summed E-state index contributed by atoms with van der Waals surface area (Å²) in [6.07, 6.45) is 4.11. The van der Waals surface area contributed by atoms with Crippen molar-refractivity contribution in [2.24, 2.45) is 40.4 Å². The van der Waals surface area contributed by atoms with Crippen molar-refractivity contribution in [2.45, 2.75) is 118 Å². The molecule has 0 radical (unpaired) electrons. The molecule has 8 atom stereocenters. The van der Waals surface area contributed by atoms with Gasteiger partial charge in [-0.25, -0.2) is 9.97 Å². The van der Waals surface area contributed by atoms with Crippen LogP contribution in [0.1, 0.15) is 97.9 Å². The van der Waals surface area contributed by atoms with Crippen molar-refractivity contribution in [1.82, 2.24) is 19.8 Å². The Morgan fingerprint density at radius 1 is 1.00 bits per heavy atom. The third kappa shape index (κ3) is 9.97. The third-order valence-electron chi connectivity index (χ3n) is 14.0. The second kappa shape index (κ2) is 18.2. The van der Waals surface area contributed by atoms with Gasteiger partial charge in [0, 0.05) is 61.8 Å². The van der Waals surface area contributed by atoms with Crippen molar-refractivity contribution < 1.29 is 43.2 Å².